The molecule has 0 spiro atoms. The van der Waals surface area contributed by atoms with Crippen LogP contribution in [-0.4, -0.2) is 12.5 Å². The number of nitrogens with two attached hydrogens (primary N) is 1. The van der Waals surface area contributed by atoms with Gasteiger partial charge >= 0.3 is 0 Å². The molecule has 0 saturated heterocycles. The van der Waals surface area contributed by atoms with Crippen molar-refractivity contribution in [2.45, 2.75) is 20.8 Å². The second kappa shape index (κ2) is 7.11. The van der Waals surface area contributed by atoms with Crippen molar-refractivity contribution in [3.05, 3.63) is 51.0 Å². The number of ether oxygens (including phenoxy) is 1. The molecule has 0 bridgehead atoms. The minimum Gasteiger partial charge on any atom is -0.482 e. The number of hydrogen-bond donors (Lipinski definition) is 2. The van der Waals surface area contributed by atoms with E-state index in [2.05, 4.69) is 5.32 Å². The summed E-state index contributed by atoms with van der Waals surface area (Å²) in [6.07, 6.45) is 0. The summed E-state index contributed by atoms with van der Waals surface area (Å²) >= 11 is 12.3. The van der Waals surface area contributed by atoms with Crippen molar-refractivity contribution < 1.29 is 9.53 Å². The molecule has 0 aliphatic rings. The van der Waals surface area contributed by atoms with E-state index in [0.29, 0.717) is 27.2 Å². The number of benzene rings is 2. The molecular weight excluding hydrogens is 335 g/mol. The number of halogens is 2. The van der Waals surface area contributed by atoms with Gasteiger partial charge in [-0.05, 0) is 55.7 Å². The van der Waals surface area contributed by atoms with Gasteiger partial charge < -0.3 is 15.8 Å². The standard InChI is InChI=1S/C17H18Cl2N2O2/c1-9-4-11(3)17(14(19)5-9)23-8-15(22)21-16-10(2)6-12(20)7-13(16)18/h4-7H,8,20H2,1-3H3,(H,21,22). The van der Waals surface area contributed by atoms with Crippen molar-refractivity contribution >= 4 is 40.5 Å². The summed E-state index contributed by atoms with van der Waals surface area (Å²) < 4.78 is 5.55. The molecule has 3 N–H and O–H groups in total. The van der Waals surface area contributed by atoms with E-state index >= 15 is 0 Å². The first kappa shape index (κ1) is 17.4. The number of rotatable bonds is 4. The van der Waals surface area contributed by atoms with E-state index < -0.39 is 0 Å². The molecule has 0 atom stereocenters. The van der Waals surface area contributed by atoms with Gasteiger partial charge in [-0.3, -0.25) is 4.79 Å². The molecule has 0 fully saturated rings. The second-order valence-corrected chi connectivity index (χ2v) is 6.24. The van der Waals surface area contributed by atoms with Gasteiger partial charge in [0.05, 0.1) is 15.7 Å². The first-order valence-corrected chi connectivity index (χ1v) is 7.78. The summed E-state index contributed by atoms with van der Waals surface area (Å²) in [4.78, 5) is 12.1. The Hall–Kier alpha value is -1.91. The van der Waals surface area contributed by atoms with Crippen LogP contribution in [0.1, 0.15) is 16.7 Å². The van der Waals surface area contributed by atoms with Crippen LogP contribution in [0.25, 0.3) is 0 Å². The summed E-state index contributed by atoms with van der Waals surface area (Å²) in [5, 5.41) is 3.60. The lowest BCUT2D eigenvalue weighted by Crippen LogP contribution is -2.21. The molecule has 1 amide bonds. The molecule has 4 nitrogen and oxygen atoms in total. The third-order valence-corrected chi connectivity index (χ3v) is 3.87. The summed E-state index contributed by atoms with van der Waals surface area (Å²) in [6.45, 7) is 5.48. The molecule has 0 radical (unpaired) electrons. The quantitative estimate of drug-likeness (QED) is 0.795. The highest BCUT2D eigenvalue weighted by Crippen LogP contribution is 2.30. The molecule has 2 rings (SSSR count). The second-order valence-electron chi connectivity index (χ2n) is 5.42. The highest BCUT2D eigenvalue weighted by molar-refractivity contribution is 6.34. The zero-order valence-corrected chi connectivity index (χ0v) is 14.7. The van der Waals surface area contributed by atoms with E-state index in [0.717, 1.165) is 16.7 Å². The van der Waals surface area contributed by atoms with Crippen LogP contribution < -0.4 is 15.8 Å². The highest BCUT2D eigenvalue weighted by Gasteiger charge is 2.12. The normalized spacial score (nSPS) is 10.5. The number of aryl methyl sites for hydroxylation is 3. The lowest BCUT2D eigenvalue weighted by atomic mass is 10.1. The van der Waals surface area contributed by atoms with Crippen LogP contribution in [0, 0.1) is 20.8 Å². The van der Waals surface area contributed by atoms with Gasteiger partial charge in [-0.1, -0.05) is 29.3 Å². The maximum Gasteiger partial charge on any atom is 0.262 e. The molecule has 0 aliphatic heterocycles. The maximum absolute atomic E-state index is 12.1. The SMILES string of the molecule is Cc1cc(C)c(OCC(=O)Nc2c(C)cc(N)cc2Cl)c(Cl)c1. The monoisotopic (exact) mass is 352 g/mol. The first-order valence-electron chi connectivity index (χ1n) is 7.03. The highest BCUT2D eigenvalue weighted by atomic mass is 35.5. The molecule has 6 heteroatoms. The fraction of sp³-hybridized carbons (Fsp3) is 0.235. The van der Waals surface area contributed by atoms with Gasteiger partial charge in [-0.2, -0.15) is 0 Å². The fourth-order valence-electron chi connectivity index (χ4n) is 2.33. The molecule has 0 heterocycles. The molecule has 0 aromatic heterocycles. The Bertz CT molecular complexity index is 714. The van der Waals surface area contributed by atoms with Crippen LogP contribution >= 0.6 is 23.2 Å². The van der Waals surface area contributed by atoms with Gasteiger partial charge in [0, 0.05) is 5.69 Å². The third-order valence-electron chi connectivity index (χ3n) is 3.30. The van der Waals surface area contributed by atoms with Crippen LogP contribution in [0.3, 0.4) is 0 Å². The summed E-state index contributed by atoms with van der Waals surface area (Å²) in [5.74, 6) is 0.184. The Kier molecular flexibility index (Phi) is 5.39. The Morgan fingerprint density at radius 1 is 1.09 bits per heavy atom. The molecule has 2 aromatic carbocycles. The Labute approximate surface area is 145 Å². The van der Waals surface area contributed by atoms with E-state index in [1.54, 1.807) is 18.2 Å². The zero-order valence-electron chi connectivity index (χ0n) is 13.2. The van der Waals surface area contributed by atoms with Gasteiger partial charge in [-0.15, -0.1) is 0 Å². The Balaban J connectivity index is 2.07. The van der Waals surface area contributed by atoms with Crippen molar-refractivity contribution in [1.82, 2.24) is 0 Å². The van der Waals surface area contributed by atoms with Crippen molar-refractivity contribution in [3.8, 4) is 5.75 Å². The van der Waals surface area contributed by atoms with Crippen LogP contribution in [0.15, 0.2) is 24.3 Å². The average Bonchev–Trinajstić information content (AvgIpc) is 2.41. The number of anilines is 2. The van der Waals surface area contributed by atoms with E-state index in [1.165, 1.54) is 0 Å². The largest absolute Gasteiger partial charge is 0.482 e. The molecule has 0 saturated carbocycles. The number of amides is 1. The minimum atomic E-state index is -0.323. The topological polar surface area (TPSA) is 64.3 Å². The van der Waals surface area contributed by atoms with Crippen LogP contribution in [0.2, 0.25) is 10.0 Å². The average molecular weight is 353 g/mol. The van der Waals surface area contributed by atoms with Crippen molar-refractivity contribution in [3.63, 3.8) is 0 Å². The van der Waals surface area contributed by atoms with E-state index in [4.69, 9.17) is 33.7 Å². The van der Waals surface area contributed by atoms with Gasteiger partial charge in [0.15, 0.2) is 6.61 Å². The van der Waals surface area contributed by atoms with E-state index in [9.17, 15) is 4.79 Å². The van der Waals surface area contributed by atoms with Crippen LogP contribution in [0.4, 0.5) is 11.4 Å². The van der Waals surface area contributed by atoms with Gasteiger partial charge in [0.25, 0.3) is 5.91 Å². The van der Waals surface area contributed by atoms with Gasteiger partial charge in [0.1, 0.15) is 5.75 Å². The summed E-state index contributed by atoms with van der Waals surface area (Å²) in [5.41, 5.74) is 9.48. The van der Waals surface area contributed by atoms with Crippen LogP contribution in [0.5, 0.6) is 5.75 Å². The molecule has 122 valence electrons. The summed E-state index contributed by atoms with van der Waals surface area (Å²) in [6, 6.07) is 7.07. The Morgan fingerprint density at radius 3 is 2.39 bits per heavy atom. The van der Waals surface area contributed by atoms with Crippen LogP contribution in [-0.2, 0) is 4.79 Å². The smallest absolute Gasteiger partial charge is 0.262 e. The lowest BCUT2D eigenvalue weighted by Gasteiger charge is -2.14. The van der Waals surface area contributed by atoms with Crippen molar-refractivity contribution in [2.75, 3.05) is 17.7 Å². The predicted octanol–water partition coefficient (Wildman–Crippen LogP) is 4.52. The van der Waals surface area contributed by atoms with E-state index in [-0.39, 0.29) is 12.5 Å². The van der Waals surface area contributed by atoms with Crippen molar-refractivity contribution in [1.29, 1.82) is 0 Å². The van der Waals surface area contributed by atoms with Gasteiger partial charge in [0.2, 0.25) is 0 Å². The number of hydrogen-bond acceptors (Lipinski definition) is 3. The number of nitrogen functional groups attached to an aromatic ring is 1. The molecule has 0 unspecified atom stereocenters. The molecule has 2 aromatic rings. The van der Waals surface area contributed by atoms with Gasteiger partial charge in [-0.25, -0.2) is 0 Å². The number of nitrogens with one attached hydrogen (secondary N) is 1. The number of carbonyl (C=O) groups is 1. The predicted molar refractivity (Wildman–Crippen MR) is 95.7 cm³/mol. The number of carbonyl (C=O) groups excluding carboxylic acids is 1. The molecular formula is C17H18Cl2N2O2. The molecule has 23 heavy (non-hydrogen) atoms. The minimum absolute atomic E-state index is 0.163. The lowest BCUT2D eigenvalue weighted by molar-refractivity contribution is -0.118. The fourth-order valence-corrected chi connectivity index (χ4v) is 3.03. The van der Waals surface area contributed by atoms with E-state index in [1.807, 2.05) is 26.8 Å². The molecule has 0 aliphatic carbocycles. The zero-order chi connectivity index (χ0) is 17.1. The summed E-state index contributed by atoms with van der Waals surface area (Å²) in [7, 11) is 0. The van der Waals surface area contributed by atoms with Crippen molar-refractivity contribution in [2.24, 2.45) is 0 Å². The third kappa shape index (κ3) is 4.30. The first-order chi connectivity index (χ1) is 10.8. The maximum atomic E-state index is 12.1. The Morgan fingerprint density at radius 2 is 1.78 bits per heavy atom.